The summed E-state index contributed by atoms with van der Waals surface area (Å²) in [5, 5.41) is 13.7. The number of hydrogen-bond donors (Lipinski definition) is 1. The number of alkyl halides is 3. The van der Waals surface area contributed by atoms with Gasteiger partial charge in [-0.25, -0.2) is 9.97 Å². The van der Waals surface area contributed by atoms with E-state index in [4.69, 9.17) is 9.97 Å². The highest BCUT2D eigenvalue weighted by Gasteiger charge is 2.40. The third-order valence-electron chi connectivity index (χ3n) is 8.53. The number of thiophene rings is 1. The number of phenols is 1. The van der Waals surface area contributed by atoms with Crippen LogP contribution in [0.5, 0.6) is 5.75 Å². The summed E-state index contributed by atoms with van der Waals surface area (Å²) in [7, 11) is 0. The van der Waals surface area contributed by atoms with E-state index in [2.05, 4.69) is 39.0 Å². The quantitative estimate of drug-likeness (QED) is 0.202. The molecule has 48 heavy (non-hydrogen) atoms. The molecule has 0 amide bonds. The molecule has 238 valence electrons. The number of aromatic hydroxyl groups is 1. The number of para-hydroxylation sites is 2. The number of aromatic nitrogens is 2. The van der Waals surface area contributed by atoms with E-state index < -0.39 is 11.7 Å². The first-order valence-electron chi connectivity index (χ1n) is 15.6. The minimum absolute atomic E-state index is 0.0579. The van der Waals surface area contributed by atoms with Gasteiger partial charge < -0.3 is 5.11 Å². The van der Waals surface area contributed by atoms with Gasteiger partial charge in [-0.3, -0.25) is 0 Å². The van der Waals surface area contributed by atoms with Gasteiger partial charge in [0.05, 0.1) is 37.4 Å². The van der Waals surface area contributed by atoms with Crippen LogP contribution in [0, 0.1) is 5.41 Å². The Kier molecular flexibility index (Phi) is 7.09. The molecular weight excluding hydrogens is 646 g/mol. The molecule has 3 heterocycles. The summed E-state index contributed by atoms with van der Waals surface area (Å²) >= 11 is 2.69. The van der Waals surface area contributed by atoms with Crippen molar-refractivity contribution in [2.45, 2.75) is 33.4 Å². The molecule has 0 atom stereocenters. The maximum atomic E-state index is 15.6. The predicted molar refractivity (Wildman–Crippen MR) is 194 cm³/mol. The highest BCUT2D eigenvalue weighted by atomic mass is 32.1. The molecule has 0 saturated heterocycles. The topological polar surface area (TPSA) is 46.0 Å². The van der Waals surface area contributed by atoms with Crippen LogP contribution in [0.15, 0.2) is 103 Å². The number of phenolic OH excluding ortho intramolecular Hbond substituents is 1. The summed E-state index contributed by atoms with van der Waals surface area (Å²) < 4.78 is 48.7. The van der Waals surface area contributed by atoms with Crippen molar-refractivity contribution < 1.29 is 18.3 Å². The molecule has 0 aliphatic carbocycles. The van der Waals surface area contributed by atoms with Crippen molar-refractivity contribution in [3.8, 4) is 38.8 Å². The molecule has 0 spiro atoms. The van der Waals surface area contributed by atoms with Crippen molar-refractivity contribution in [2.24, 2.45) is 5.41 Å². The number of benzene rings is 5. The number of rotatable bonds is 4. The van der Waals surface area contributed by atoms with Crippen LogP contribution in [-0.4, -0.2) is 15.1 Å². The highest BCUT2D eigenvalue weighted by molar-refractivity contribution is 7.27. The molecule has 0 unspecified atom stereocenters. The fourth-order valence-corrected chi connectivity index (χ4v) is 8.96. The van der Waals surface area contributed by atoms with Gasteiger partial charge in [-0.15, -0.1) is 22.7 Å². The molecular formula is C40H29F3N2OS2. The Balaban J connectivity index is 1.47. The van der Waals surface area contributed by atoms with E-state index >= 15 is 13.2 Å². The monoisotopic (exact) mass is 674 g/mol. The van der Waals surface area contributed by atoms with Gasteiger partial charge in [0.15, 0.2) is 0 Å². The first kappa shape index (κ1) is 30.5. The summed E-state index contributed by atoms with van der Waals surface area (Å²) in [6, 6.07) is 31.6. The van der Waals surface area contributed by atoms with Crippen LogP contribution in [0.1, 0.15) is 31.9 Å². The van der Waals surface area contributed by atoms with Crippen LogP contribution in [-0.2, 0) is 12.6 Å². The smallest absolute Gasteiger partial charge is 0.419 e. The Morgan fingerprint density at radius 3 is 2.17 bits per heavy atom. The van der Waals surface area contributed by atoms with E-state index in [9.17, 15) is 5.11 Å². The number of thiazole rings is 1. The summed E-state index contributed by atoms with van der Waals surface area (Å²) in [6.45, 7) is 6.58. The van der Waals surface area contributed by atoms with Crippen molar-refractivity contribution in [1.82, 2.24) is 9.97 Å². The first-order chi connectivity index (χ1) is 23.0. The van der Waals surface area contributed by atoms with E-state index in [-0.39, 0.29) is 22.2 Å². The standard InChI is InChI=1S/C40H29F3N2OS2/c1-39(2,3)21-22-16-18-25-24(20-22)17-19-27-31-32(40(41,42)43)35(44-33(37(31)48-36(25)27)23-10-5-4-6-11-23)28-13-9-15-30-34(28)45-38(47-30)26-12-7-8-14-29(26)46/h4-20,46H,21H2,1-3H3. The molecule has 0 fully saturated rings. The van der Waals surface area contributed by atoms with Crippen molar-refractivity contribution in [3.63, 3.8) is 0 Å². The number of hydrogen-bond acceptors (Lipinski definition) is 5. The van der Waals surface area contributed by atoms with Gasteiger partial charge in [-0.1, -0.05) is 106 Å². The van der Waals surface area contributed by atoms with Crippen LogP contribution in [0.4, 0.5) is 13.2 Å². The van der Waals surface area contributed by atoms with Gasteiger partial charge in [0.2, 0.25) is 0 Å². The zero-order valence-electron chi connectivity index (χ0n) is 26.3. The Morgan fingerprint density at radius 2 is 1.42 bits per heavy atom. The molecule has 1 N–H and O–H groups in total. The lowest BCUT2D eigenvalue weighted by atomic mass is 9.87. The van der Waals surface area contributed by atoms with Gasteiger partial charge in [-0.2, -0.15) is 13.2 Å². The molecule has 8 aromatic rings. The van der Waals surface area contributed by atoms with E-state index in [1.807, 2.05) is 48.5 Å². The molecule has 8 heteroatoms. The third-order valence-corrected chi connectivity index (χ3v) is 10.8. The zero-order chi connectivity index (χ0) is 33.4. The van der Waals surface area contributed by atoms with Gasteiger partial charge >= 0.3 is 6.18 Å². The summed E-state index contributed by atoms with van der Waals surface area (Å²) in [5.41, 5.74) is 2.84. The predicted octanol–water partition coefficient (Wildman–Crippen LogP) is 12.5. The van der Waals surface area contributed by atoms with E-state index in [1.54, 1.807) is 36.4 Å². The molecule has 3 aromatic heterocycles. The van der Waals surface area contributed by atoms with Crippen LogP contribution in [0.3, 0.4) is 0 Å². The van der Waals surface area contributed by atoms with Crippen molar-refractivity contribution in [3.05, 3.63) is 114 Å². The average molecular weight is 675 g/mol. The second-order valence-electron chi connectivity index (χ2n) is 13.3. The Hall–Kier alpha value is -4.79. The first-order valence-corrected chi connectivity index (χ1v) is 17.2. The highest BCUT2D eigenvalue weighted by Crippen LogP contribution is 2.51. The number of nitrogens with zero attached hydrogens (tertiary/aromatic N) is 2. The molecule has 0 radical (unpaired) electrons. The second-order valence-corrected chi connectivity index (χ2v) is 15.3. The van der Waals surface area contributed by atoms with Crippen LogP contribution < -0.4 is 0 Å². The lowest BCUT2D eigenvalue weighted by molar-refractivity contribution is -0.135. The maximum Gasteiger partial charge on any atom is 0.419 e. The third kappa shape index (κ3) is 5.20. The van der Waals surface area contributed by atoms with Crippen molar-refractivity contribution in [1.29, 1.82) is 0 Å². The minimum Gasteiger partial charge on any atom is -0.507 e. The number of pyridine rings is 1. The minimum atomic E-state index is -4.71. The molecule has 5 aromatic carbocycles. The fraction of sp³-hybridized carbons (Fsp3) is 0.150. The summed E-state index contributed by atoms with van der Waals surface area (Å²) in [6.07, 6.45) is -3.82. The fourth-order valence-electron chi connectivity index (χ4n) is 6.58. The molecule has 8 rings (SSSR count). The molecule has 0 aliphatic heterocycles. The van der Waals surface area contributed by atoms with Gasteiger partial charge in [0.1, 0.15) is 10.8 Å². The van der Waals surface area contributed by atoms with Crippen molar-refractivity contribution in [2.75, 3.05) is 0 Å². The molecule has 0 saturated carbocycles. The lowest BCUT2D eigenvalue weighted by Gasteiger charge is -2.18. The van der Waals surface area contributed by atoms with Gasteiger partial charge in [0, 0.05) is 26.6 Å². The maximum absolute atomic E-state index is 15.6. The van der Waals surface area contributed by atoms with Crippen LogP contribution in [0.2, 0.25) is 0 Å². The number of fused-ring (bicyclic) bond motifs is 6. The molecule has 0 aliphatic rings. The van der Waals surface area contributed by atoms with E-state index in [0.29, 0.717) is 42.1 Å². The van der Waals surface area contributed by atoms with Crippen LogP contribution >= 0.6 is 22.7 Å². The average Bonchev–Trinajstić information content (AvgIpc) is 3.65. The molecule has 0 bridgehead atoms. The van der Waals surface area contributed by atoms with Gasteiger partial charge in [-0.05, 0) is 46.4 Å². The summed E-state index contributed by atoms with van der Waals surface area (Å²) in [5.74, 6) is 0.0579. The van der Waals surface area contributed by atoms with Crippen molar-refractivity contribution >= 4 is 63.8 Å². The second kappa shape index (κ2) is 11.1. The normalized spacial score (nSPS) is 12.5. The SMILES string of the molecule is CC(C)(C)Cc1ccc2c(ccc3c2sc2c(-c4ccccc4)nc(-c4cccc5sc(-c6ccccc6O)nc45)c(C(F)(F)F)c23)c1. The Bertz CT molecular complexity index is 2530. The largest absolute Gasteiger partial charge is 0.507 e. The molecule has 3 nitrogen and oxygen atoms in total. The van der Waals surface area contributed by atoms with Crippen LogP contribution in [0.25, 0.3) is 74.2 Å². The Morgan fingerprint density at radius 1 is 0.688 bits per heavy atom. The van der Waals surface area contributed by atoms with Gasteiger partial charge in [0.25, 0.3) is 0 Å². The van der Waals surface area contributed by atoms with E-state index in [0.717, 1.165) is 27.5 Å². The Labute approximate surface area is 283 Å². The number of halogens is 3. The lowest BCUT2D eigenvalue weighted by Crippen LogP contribution is -2.10. The summed E-state index contributed by atoms with van der Waals surface area (Å²) in [4.78, 5) is 9.70. The zero-order valence-corrected chi connectivity index (χ0v) is 27.9. The van der Waals surface area contributed by atoms with E-state index in [1.165, 1.54) is 28.2 Å².